The summed E-state index contributed by atoms with van der Waals surface area (Å²) in [6.07, 6.45) is 8.25. The Hall–Kier alpha value is -1.88. The lowest BCUT2D eigenvalue weighted by molar-refractivity contribution is -0.140. The van der Waals surface area contributed by atoms with Crippen LogP contribution in [0, 0.1) is 23.2 Å². The number of ether oxygens (including phenoxy) is 1. The maximum Gasteiger partial charge on any atom is 0.232 e. The first-order valence-corrected chi connectivity index (χ1v) is 10.9. The van der Waals surface area contributed by atoms with Crippen LogP contribution < -0.4 is 10.1 Å². The minimum absolute atomic E-state index is 0.115. The number of anilines is 1. The van der Waals surface area contributed by atoms with Crippen molar-refractivity contribution in [3.8, 4) is 17.0 Å². The zero-order valence-corrected chi connectivity index (χ0v) is 16.4. The third-order valence-electron chi connectivity index (χ3n) is 7.36. The number of hydrogen-bond acceptors (Lipinski definition) is 4. The molecule has 2 aromatic rings. The normalized spacial score (nSPS) is 32.3. The molecule has 1 aromatic heterocycles. The smallest absolute Gasteiger partial charge is 0.232 e. The van der Waals surface area contributed by atoms with Crippen molar-refractivity contribution in [3.63, 3.8) is 0 Å². The van der Waals surface area contributed by atoms with Gasteiger partial charge >= 0.3 is 0 Å². The minimum Gasteiger partial charge on any atom is -0.497 e. The van der Waals surface area contributed by atoms with Gasteiger partial charge in [0.25, 0.3) is 0 Å². The molecule has 4 nitrogen and oxygen atoms in total. The number of thiazole rings is 1. The minimum atomic E-state index is -0.115. The van der Waals surface area contributed by atoms with Gasteiger partial charge in [0, 0.05) is 16.9 Å². The monoisotopic (exact) mass is 380 g/mol. The van der Waals surface area contributed by atoms with Gasteiger partial charge in [-0.1, -0.05) is 0 Å². The Kier molecular flexibility index (Phi) is 3.32. The van der Waals surface area contributed by atoms with E-state index in [-0.39, 0.29) is 11.3 Å². The molecule has 4 bridgehead atoms. The first kappa shape index (κ1) is 16.1. The second-order valence-corrected chi connectivity index (χ2v) is 10.2. The molecule has 1 N–H and O–H groups in total. The number of aromatic nitrogens is 1. The predicted octanol–water partition coefficient (Wildman–Crippen LogP) is 4.88. The van der Waals surface area contributed by atoms with E-state index in [9.17, 15) is 4.79 Å². The van der Waals surface area contributed by atoms with Crippen LogP contribution in [0.3, 0.4) is 0 Å². The number of methoxy groups -OCH3 is 1. The molecule has 0 atom stereocenters. The van der Waals surface area contributed by atoms with Gasteiger partial charge in [-0.25, -0.2) is 4.98 Å². The molecule has 1 amide bonds. The van der Waals surface area contributed by atoms with Crippen LogP contribution in [-0.2, 0) is 11.2 Å². The summed E-state index contributed by atoms with van der Waals surface area (Å²) in [5.41, 5.74) is 3.37. The number of amides is 1. The highest BCUT2D eigenvalue weighted by Crippen LogP contribution is 2.60. The standard InChI is InChI=1S/C22H24N2O2S/c1-26-16-2-3-17-15(7-16)8-18-19(17)23-21(27-18)24-20(25)22-9-12-4-13(10-22)6-14(5-12)11-22/h2-3,7,12-14H,4-6,8-11H2,1H3,(H,23,24,25). The second kappa shape index (κ2) is 5.57. The van der Waals surface area contributed by atoms with Gasteiger partial charge in [-0.05, 0) is 80.0 Å². The molecule has 5 heteroatoms. The quantitative estimate of drug-likeness (QED) is 0.705. The highest BCUT2D eigenvalue weighted by Gasteiger charge is 2.54. The summed E-state index contributed by atoms with van der Waals surface area (Å²) >= 11 is 1.64. The molecule has 5 aliphatic rings. The first-order chi connectivity index (χ1) is 13.1. The fourth-order valence-corrected chi connectivity index (χ4v) is 7.60. The predicted molar refractivity (Wildman–Crippen MR) is 106 cm³/mol. The topological polar surface area (TPSA) is 51.2 Å². The maximum absolute atomic E-state index is 13.3. The van der Waals surface area contributed by atoms with Crippen LogP contribution in [0.1, 0.15) is 49.0 Å². The summed E-state index contributed by atoms with van der Waals surface area (Å²) in [6.45, 7) is 0. The molecule has 27 heavy (non-hydrogen) atoms. The van der Waals surface area contributed by atoms with Crippen LogP contribution in [-0.4, -0.2) is 18.0 Å². The lowest BCUT2D eigenvalue weighted by Gasteiger charge is -2.55. The van der Waals surface area contributed by atoms with Crippen LogP contribution in [0.25, 0.3) is 11.3 Å². The Balaban J connectivity index is 1.25. The average molecular weight is 381 g/mol. The molecule has 5 aliphatic carbocycles. The van der Waals surface area contributed by atoms with Crippen molar-refractivity contribution in [1.82, 2.24) is 4.98 Å². The van der Waals surface area contributed by atoms with Crippen molar-refractivity contribution in [2.45, 2.75) is 44.9 Å². The molecular weight excluding hydrogens is 356 g/mol. The van der Waals surface area contributed by atoms with E-state index in [0.29, 0.717) is 0 Å². The van der Waals surface area contributed by atoms with Crippen molar-refractivity contribution in [2.75, 3.05) is 12.4 Å². The summed E-state index contributed by atoms with van der Waals surface area (Å²) in [4.78, 5) is 19.3. The third-order valence-corrected chi connectivity index (χ3v) is 8.33. The fraction of sp³-hybridized carbons (Fsp3) is 0.545. The van der Waals surface area contributed by atoms with Crippen LogP contribution in [0.5, 0.6) is 5.75 Å². The van der Waals surface area contributed by atoms with Crippen molar-refractivity contribution in [3.05, 3.63) is 28.6 Å². The highest BCUT2D eigenvalue weighted by molar-refractivity contribution is 7.16. The summed E-state index contributed by atoms with van der Waals surface area (Å²) in [5.74, 6) is 3.48. The van der Waals surface area contributed by atoms with Gasteiger partial charge in [-0.3, -0.25) is 4.79 Å². The Bertz CT molecular complexity index is 913. The van der Waals surface area contributed by atoms with E-state index in [1.165, 1.54) is 35.3 Å². The molecule has 4 saturated carbocycles. The summed E-state index contributed by atoms with van der Waals surface area (Å²) in [7, 11) is 1.70. The van der Waals surface area contributed by atoms with Crippen LogP contribution >= 0.6 is 11.3 Å². The molecule has 4 fully saturated rings. The van der Waals surface area contributed by atoms with Gasteiger partial charge in [-0.2, -0.15) is 0 Å². The molecule has 7 rings (SSSR count). The van der Waals surface area contributed by atoms with Crippen molar-refractivity contribution in [2.24, 2.45) is 23.2 Å². The molecule has 0 radical (unpaired) electrons. The van der Waals surface area contributed by atoms with Crippen molar-refractivity contribution < 1.29 is 9.53 Å². The molecule has 0 aliphatic heterocycles. The van der Waals surface area contributed by atoms with E-state index in [2.05, 4.69) is 17.4 Å². The molecule has 140 valence electrons. The lowest BCUT2D eigenvalue weighted by atomic mass is 9.49. The number of benzene rings is 1. The SMILES string of the molecule is COc1ccc2c(c1)Cc1sc(NC(=O)C34CC5CC(CC(C5)C3)C4)nc1-2. The second-order valence-electron chi connectivity index (χ2n) is 9.14. The van der Waals surface area contributed by atoms with Crippen LogP contribution in [0.2, 0.25) is 0 Å². The first-order valence-electron chi connectivity index (χ1n) is 10.1. The Labute approximate surface area is 163 Å². The fourth-order valence-electron chi connectivity index (χ4n) is 6.60. The van der Waals surface area contributed by atoms with Gasteiger partial charge in [-0.15, -0.1) is 11.3 Å². The molecule has 0 spiro atoms. The van der Waals surface area contributed by atoms with Gasteiger partial charge < -0.3 is 10.1 Å². The molecule has 0 saturated heterocycles. The number of nitrogens with zero attached hydrogens (tertiary/aromatic N) is 1. The van der Waals surface area contributed by atoms with E-state index in [1.807, 2.05) is 6.07 Å². The Morgan fingerprint density at radius 2 is 1.89 bits per heavy atom. The van der Waals surface area contributed by atoms with Gasteiger partial charge in [0.2, 0.25) is 5.91 Å². The van der Waals surface area contributed by atoms with Crippen LogP contribution in [0.4, 0.5) is 5.13 Å². The Morgan fingerprint density at radius 1 is 1.19 bits per heavy atom. The lowest BCUT2D eigenvalue weighted by Crippen LogP contribution is -2.51. The van der Waals surface area contributed by atoms with E-state index < -0.39 is 0 Å². The highest BCUT2D eigenvalue weighted by atomic mass is 32.1. The van der Waals surface area contributed by atoms with E-state index >= 15 is 0 Å². The number of nitrogens with one attached hydrogen (secondary N) is 1. The average Bonchev–Trinajstić information content (AvgIpc) is 3.16. The number of rotatable bonds is 3. The van der Waals surface area contributed by atoms with Crippen molar-refractivity contribution in [1.29, 1.82) is 0 Å². The number of fused-ring (bicyclic) bond motifs is 3. The van der Waals surface area contributed by atoms with Gasteiger partial charge in [0.1, 0.15) is 5.75 Å². The van der Waals surface area contributed by atoms with Gasteiger partial charge in [0.05, 0.1) is 18.2 Å². The van der Waals surface area contributed by atoms with E-state index in [0.717, 1.165) is 60.0 Å². The maximum atomic E-state index is 13.3. The number of hydrogen-bond donors (Lipinski definition) is 1. The third kappa shape index (κ3) is 2.40. The zero-order chi connectivity index (χ0) is 18.2. The summed E-state index contributed by atoms with van der Waals surface area (Å²) in [6, 6.07) is 6.17. The Morgan fingerprint density at radius 3 is 2.56 bits per heavy atom. The zero-order valence-electron chi connectivity index (χ0n) is 15.6. The summed E-state index contributed by atoms with van der Waals surface area (Å²) < 4.78 is 5.33. The van der Waals surface area contributed by atoms with Gasteiger partial charge in [0.15, 0.2) is 5.13 Å². The van der Waals surface area contributed by atoms with Crippen LogP contribution in [0.15, 0.2) is 18.2 Å². The molecule has 1 heterocycles. The van der Waals surface area contributed by atoms with E-state index in [1.54, 1.807) is 18.4 Å². The number of carbonyl (C=O) groups is 1. The number of carbonyl (C=O) groups excluding carboxylic acids is 1. The van der Waals surface area contributed by atoms with E-state index in [4.69, 9.17) is 9.72 Å². The molecule has 0 unspecified atom stereocenters. The molecular formula is C22H24N2O2S. The van der Waals surface area contributed by atoms with Crippen molar-refractivity contribution >= 4 is 22.4 Å². The molecule has 1 aromatic carbocycles. The summed E-state index contributed by atoms with van der Waals surface area (Å²) in [5, 5.41) is 4.01. The largest absolute Gasteiger partial charge is 0.497 e.